The third-order valence-corrected chi connectivity index (χ3v) is 6.76. The van der Waals surface area contributed by atoms with Crippen molar-refractivity contribution < 1.29 is 24.2 Å². The number of carbonyl (C=O) groups is 2. The average molecular weight is 494 g/mol. The minimum absolute atomic E-state index is 0.0240. The summed E-state index contributed by atoms with van der Waals surface area (Å²) in [6, 6.07) is 14.4. The molecule has 2 amide bonds. The molecule has 4 rings (SSSR count). The quantitative estimate of drug-likeness (QED) is 0.487. The number of ether oxygens (including phenoxy) is 2. The van der Waals surface area contributed by atoms with Crippen molar-refractivity contribution in [3.8, 4) is 5.75 Å². The molecule has 1 aliphatic heterocycles. The van der Waals surface area contributed by atoms with Crippen LogP contribution in [0.2, 0.25) is 0 Å². The average Bonchev–Trinajstić information content (AvgIpc) is 3.22. The second-order valence-corrected chi connectivity index (χ2v) is 9.35. The third kappa shape index (κ3) is 6.51. The van der Waals surface area contributed by atoms with Gasteiger partial charge in [0, 0.05) is 19.5 Å². The Labute approximate surface area is 212 Å². The maximum absolute atomic E-state index is 13.2. The van der Waals surface area contributed by atoms with E-state index in [1.165, 1.54) is 6.92 Å². The molecule has 2 aromatic rings. The largest absolute Gasteiger partial charge is 0.497 e. The van der Waals surface area contributed by atoms with Crippen molar-refractivity contribution >= 4 is 11.8 Å². The predicted molar refractivity (Wildman–Crippen MR) is 136 cm³/mol. The zero-order valence-electron chi connectivity index (χ0n) is 20.8. The Kier molecular flexibility index (Phi) is 8.74. The summed E-state index contributed by atoms with van der Waals surface area (Å²) in [6.45, 7) is 2.05. The first-order valence-corrected chi connectivity index (χ1v) is 12.4. The monoisotopic (exact) mass is 493 g/mol. The topological polar surface area (TPSA) is 109 Å². The van der Waals surface area contributed by atoms with Gasteiger partial charge in [0.05, 0.1) is 32.0 Å². The molecule has 0 spiro atoms. The SMILES string of the molecule is COc1ccc2c(c1)[C@@H]1C[C@H]2OC/C=C/C[C@H](NC(C)=O)C(=O)N[C@@H](Cc2ccccc2)[C@H](O)CN1. The third-order valence-electron chi connectivity index (χ3n) is 6.76. The van der Waals surface area contributed by atoms with E-state index >= 15 is 0 Å². The van der Waals surface area contributed by atoms with Gasteiger partial charge in [-0.2, -0.15) is 0 Å². The summed E-state index contributed by atoms with van der Waals surface area (Å²) in [5.74, 6) is 0.153. The highest BCUT2D eigenvalue weighted by Crippen LogP contribution is 2.42. The zero-order chi connectivity index (χ0) is 25.5. The van der Waals surface area contributed by atoms with Crippen LogP contribution in [0, 0.1) is 0 Å². The van der Waals surface area contributed by atoms with Crippen LogP contribution in [0.4, 0.5) is 0 Å². The Morgan fingerprint density at radius 3 is 2.72 bits per heavy atom. The van der Waals surface area contributed by atoms with E-state index in [0.29, 0.717) is 19.4 Å². The first kappa shape index (κ1) is 25.9. The highest BCUT2D eigenvalue weighted by molar-refractivity contribution is 5.87. The number of rotatable bonds is 4. The maximum Gasteiger partial charge on any atom is 0.243 e. The van der Waals surface area contributed by atoms with E-state index < -0.39 is 18.2 Å². The second-order valence-electron chi connectivity index (χ2n) is 9.35. The van der Waals surface area contributed by atoms with E-state index in [0.717, 1.165) is 28.9 Å². The van der Waals surface area contributed by atoms with Crippen molar-refractivity contribution in [2.75, 3.05) is 20.3 Å². The molecule has 0 fully saturated rings. The summed E-state index contributed by atoms with van der Waals surface area (Å²) < 4.78 is 11.6. The van der Waals surface area contributed by atoms with Gasteiger partial charge in [0.25, 0.3) is 0 Å². The Morgan fingerprint density at radius 1 is 1.17 bits per heavy atom. The Hall–Kier alpha value is -3.20. The van der Waals surface area contributed by atoms with Gasteiger partial charge in [-0.1, -0.05) is 48.6 Å². The van der Waals surface area contributed by atoms with E-state index in [9.17, 15) is 14.7 Å². The molecule has 0 saturated carbocycles. The van der Waals surface area contributed by atoms with Crippen LogP contribution in [-0.2, 0) is 20.7 Å². The number of hydrogen-bond acceptors (Lipinski definition) is 6. The molecule has 1 heterocycles. The van der Waals surface area contributed by atoms with Crippen LogP contribution < -0.4 is 20.7 Å². The van der Waals surface area contributed by atoms with Gasteiger partial charge in [-0.3, -0.25) is 9.59 Å². The molecular formula is C28H35N3O5. The highest BCUT2D eigenvalue weighted by atomic mass is 16.5. The molecule has 4 N–H and O–H groups in total. The number of aliphatic hydroxyl groups excluding tert-OH is 1. The molecule has 8 nitrogen and oxygen atoms in total. The first-order valence-electron chi connectivity index (χ1n) is 12.4. The van der Waals surface area contributed by atoms with E-state index in [1.807, 2.05) is 60.7 Å². The Balaban J connectivity index is 1.60. The van der Waals surface area contributed by atoms with Gasteiger partial charge in [0.1, 0.15) is 11.8 Å². The zero-order valence-corrected chi connectivity index (χ0v) is 20.8. The molecule has 0 radical (unpaired) electrons. The predicted octanol–water partition coefficient (Wildman–Crippen LogP) is 2.34. The number of carbonyl (C=O) groups excluding carboxylic acids is 2. The molecule has 2 bridgehead atoms. The van der Waals surface area contributed by atoms with Crippen molar-refractivity contribution in [2.45, 2.75) is 56.5 Å². The molecule has 36 heavy (non-hydrogen) atoms. The standard InChI is InChI=1S/C28H35N3O5/c1-18(32)30-23-10-6-7-13-36-27-16-24(22-15-20(35-2)11-12-21(22)27)29-17-26(33)25(31-28(23)34)14-19-8-4-3-5-9-19/h3-9,11-12,15,23-27,29,33H,10,13-14,16-17H2,1-2H3,(H,30,32)(H,31,34)/b7-6+/t23-,24-,25-,26+,27+/m0/s1. The Morgan fingerprint density at radius 2 is 1.97 bits per heavy atom. The molecular weight excluding hydrogens is 458 g/mol. The van der Waals surface area contributed by atoms with E-state index in [1.54, 1.807) is 7.11 Å². The van der Waals surface area contributed by atoms with Gasteiger partial charge in [-0.15, -0.1) is 0 Å². The van der Waals surface area contributed by atoms with Crippen molar-refractivity contribution in [2.24, 2.45) is 0 Å². The van der Waals surface area contributed by atoms with Crippen LogP contribution in [-0.4, -0.2) is 55.4 Å². The number of benzene rings is 2. The fourth-order valence-corrected chi connectivity index (χ4v) is 4.88. The fraction of sp³-hybridized carbons (Fsp3) is 0.429. The minimum Gasteiger partial charge on any atom is -0.497 e. The molecule has 1 aliphatic carbocycles. The smallest absolute Gasteiger partial charge is 0.243 e. The number of nitrogens with one attached hydrogen (secondary N) is 3. The number of fused-ring (bicyclic) bond motifs is 5. The van der Waals surface area contributed by atoms with Crippen molar-refractivity contribution in [3.63, 3.8) is 0 Å². The van der Waals surface area contributed by atoms with Crippen molar-refractivity contribution in [1.82, 2.24) is 16.0 Å². The number of aliphatic hydroxyl groups is 1. The molecule has 8 heteroatoms. The normalized spacial score (nSPS) is 27.6. The summed E-state index contributed by atoms with van der Waals surface area (Å²) >= 11 is 0. The van der Waals surface area contributed by atoms with Gasteiger partial charge in [-0.05, 0) is 48.1 Å². The highest BCUT2D eigenvalue weighted by Gasteiger charge is 2.33. The van der Waals surface area contributed by atoms with Crippen LogP contribution in [0.5, 0.6) is 5.75 Å². The number of methoxy groups -OCH3 is 1. The lowest BCUT2D eigenvalue weighted by molar-refractivity contribution is -0.129. The number of amides is 2. The summed E-state index contributed by atoms with van der Waals surface area (Å²) in [7, 11) is 1.64. The summed E-state index contributed by atoms with van der Waals surface area (Å²) in [5.41, 5.74) is 3.20. The lowest BCUT2D eigenvalue weighted by Crippen LogP contribution is -2.54. The summed E-state index contributed by atoms with van der Waals surface area (Å²) in [6.07, 6.45) is 4.28. The molecule has 0 saturated heterocycles. The lowest BCUT2D eigenvalue weighted by atomic mass is 9.99. The summed E-state index contributed by atoms with van der Waals surface area (Å²) in [4.78, 5) is 24.9. The van der Waals surface area contributed by atoms with Gasteiger partial charge >= 0.3 is 0 Å². The first-order chi connectivity index (χ1) is 17.4. The van der Waals surface area contributed by atoms with Crippen LogP contribution in [0.15, 0.2) is 60.7 Å². The van der Waals surface area contributed by atoms with Crippen molar-refractivity contribution in [3.05, 3.63) is 77.4 Å². The molecule has 0 aromatic heterocycles. The second kappa shape index (κ2) is 12.2. The van der Waals surface area contributed by atoms with Crippen LogP contribution in [0.25, 0.3) is 0 Å². The van der Waals surface area contributed by atoms with Crippen molar-refractivity contribution in [1.29, 1.82) is 0 Å². The van der Waals surface area contributed by atoms with E-state index in [4.69, 9.17) is 9.47 Å². The van der Waals surface area contributed by atoms with E-state index in [-0.39, 0.29) is 30.5 Å². The number of β-amino-alcohol motifs (C(OH)–C–C–N with tert-alkyl or cyclic N) is 1. The van der Waals surface area contributed by atoms with Gasteiger partial charge < -0.3 is 30.5 Å². The fourth-order valence-electron chi connectivity index (χ4n) is 4.88. The van der Waals surface area contributed by atoms with Gasteiger partial charge in [0.2, 0.25) is 11.8 Å². The summed E-state index contributed by atoms with van der Waals surface area (Å²) in [5, 5.41) is 20.4. The van der Waals surface area contributed by atoms with Crippen LogP contribution in [0.3, 0.4) is 0 Å². The van der Waals surface area contributed by atoms with Crippen LogP contribution >= 0.6 is 0 Å². The molecule has 2 aliphatic rings. The maximum atomic E-state index is 13.2. The van der Waals surface area contributed by atoms with Crippen LogP contribution in [0.1, 0.15) is 48.6 Å². The van der Waals surface area contributed by atoms with Gasteiger partial charge in [0.15, 0.2) is 0 Å². The van der Waals surface area contributed by atoms with Gasteiger partial charge in [-0.25, -0.2) is 0 Å². The molecule has 0 unspecified atom stereocenters. The molecule has 192 valence electrons. The Bertz CT molecular complexity index is 1070. The number of hydrogen-bond donors (Lipinski definition) is 4. The molecule has 2 aromatic carbocycles. The minimum atomic E-state index is -0.859. The lowest BCUT2D eigenvalue weighted by Gasteiger charge is -2.28. The molecule has 5 atom stereocenters. The van der Waals surface area contributed by atoms with E-state index in [2.05, 4.69) is 16.0 Å².